The van der Waals surface area contributed by atoms with E-state index in [1.807, 2.05) is 0 Å². The molecule has 1 aliphatic heterocycles. The van der Waals surface area contributed by atoms with Gasteiger partial charge in [0.25, 0.3) is 0 Å². The van der Waals surface area contributed by atoms with E-state index in [0.29, 0.717) is 12.0 Å². The van der Waals surface area contributed by atoms with Gasteiger partial charge in [0, 0.05) is 37.8 Å². The van der Waals surface area contributed by atoms with E-state index in [9.17, 15) is 0 Å². The van der Waals surface area contributed by atoms with Crippen LogP contribution in [0.25, 0.3) is 0 Å². The van der Waals surface area contributed by atoms with Crippen LogP contribution in [0.3, 0.4) is 0 Å². The molecule has 1 saturated heterocycles. The summed E-state index contributed by atoms with van der Waals surface area (Å²) in [6.45, 7) is 3.70. The summed E-state index contributed by atoms with van der Waals surface area (Å²) in [5.74, 6) is 0.671. The Kier molecular flexibility index (Phi) is 3.01. The Morgan fingerprint density at radius 3 is 2.81 bits per heavy atom. The van der Waals surface area contributed by atoms with Gasteiger partial charge in [-0.3, -0.25) is 4.90 Å². The Labute approximate surface area is 98.1 Å². The summed E-state index contributed by atoms with van der Waals surface area (Å²) >= 11 is 0. The number of rotatable bonds is 4. The Morgan fingerprint density at radius 1 is 1.25 bits per heavy atom. The van der Waals surface area contributed by atoms with E-state index in [-0.39, 0.29) is 0 Å². The lowest BCUT2D eigenvalue weighted by Crippen LogP contribution is -2.36. The lowest BCUT2D eigenvalue weighted by molar-refractivity contribution is 0.316. The van der Waals surface area contributed by atoms with Gasteiger partial charge in [-0.1, -0.05) is 12.2 Å². The zero-order valence-electron chi connectivity index (χ0n) is 9.94. The quantitative estimate of drug-likeness (QED) is 0.687. The van der Waals surface area contributed by atoms with Gasteiger partial charge in [-0.05, 0) is 31.6 Å². The molecular weight excluding hydrogens is 198 g/mol. The number of likely N-dealkylation sites (tertiary alicyclic amines) is 1. The van der Waals surface area contributed by atoms with Gasteiger partial charge >= 0.3 is 0 Å². The summed E-state index contributed by atoms with van der Waals surface area (Å²) in [5.41, 5.74) is 5.86. The Morgan fingerprint density at radius 2 is 2.12 bits per heavy atom. The highest BCUT2D eigenvalue weighted by molar-refractivity contribution is 5.05. The highest BCUT2D eigenvalue weighted by Crippen LogP contribution is 2.29. The lowest BCUT2D eigenvalue weighted by atomic mass is 10.1. The molecule has 90 valence electrons. The molecule has 0 amide bonds. The van der Waals surface area contributed by atoms with Gasteiger partial charge in [0.05, 0.1) is 0 Å². The third-order valence-electron chi connectivity index (χ3n) is 4.16. The molecule has 0 radical (unpaired) electrons. The second-order valence-electron chi connectivity index (χ2n) is 5.66. The zero-order chi connectivity index (χ0) is 11.0. The van der Waals surface area contributed by atoms with Crippen molar-refractivity contribution in [2.24, 2.45) is 11.7 Å². The molecule has 0 bridgehead atoms. The second-order valence-corrected chi connectivity index (χ2v) is 5.66. The first-order valence-electron chi connectivity index (χ1n) is 6.72. The second kappa shape index (κ2) is 4.47. The molecule has 3 unspecified atom stereocenters. The van der Waals surface area contributed by atoms with E-state index >= 15 is 0 Å². The topological polar surface area (TPSA) is 41.3 Å². The van der Waals surface area contributed by atoms with E-state index < -0.39 is 0 Å². The maximum Gasteiger partial charge on any atom is 0.0229 e. The van der Waals surface area contributed by atoms with Crippen molar-refractivity contribution in [3.8, 4) is 0 Å². The minimum atomic E-state index is 0.304. The molecule has 0 aromatic heterocycles. The van der Waals surface area contributed by atoms with E-state index in [0.717, 1.165) is 25.0 Å². The van der Waals surface area contributed by atoms with Crippen LogP contribution in [0.1, 0.15) is 25.7 Å². The first-order chi connectivity index (χ1) is 7.81. The highest BCUT2D eigenvalue weighted by Gasteiger charge is 2.34. The first-order valence-corrected chi connectivity index (χ1v) is 6.72. The molecule has 3 heteroatoms. The minimum Gasteiger partial charge on any atom is -0.324 e. The molecule has 3 atom stereocenters. The monoisotopic (exact) mass is 221 g/mol. The molecule has 3 aliphatic rings. The predicted octanol–water partition coefficient (Wildman–Crippen LogP) is 0.716. The summed E-state index contributed by atoms with van der Waals surface area (Å²) in [4.78, 5) is 2.66. The normalized spacial score (nSPS) is 39.7. The molecule has 3 nitrogen and oxygen atoms in total. The molecule has 2 aliphatic carbocycles. The first kappa shape index (κ1) is 10.8. The lowest BCUT2D eigenvalue weighted by Gasteiger charge is -2.17. The van der Waals surface area contributed by atoms with Gasteiger partial charge in [-0.25, -0.2) is 0 Å². The van der Waals surface area contributed by atoms with Crippen LogP contribution in [0, 0.1) is 5.92 Å². The molecule has 2 fully saturated rings. The van der Waals surface area contributed by atoms with Gasteiger partial charge < -0.3 is 11.1 Å². The van der Waals surface area contributed by atoms with E-state index in [1.54, 1.807) is 0 Å². The number of nitrogens with two attached hydrogens (primary N) is 1. The summed E-state index contributed by atoms with van der Waals surface area (Å²) in [6.07, 6.45) is 9.77. The SMILES string of the molecule is NC1C=CC(CNC2CCN(C3CC3)C2)C1. The van der Waals surface area contributed by atoms with Crippen LogP contribution in [0.2, 0.25) is 0 Å². The molecule has 1 heterocycles. The fourth-order valence-corrected chi connectivity index (χ4v) is 3.00. The average Bonchev–Trinajstić information content (AvgIpc) is 2.87. The number of hydrogen-bond acceptors (Lipinski definition) is 3. The maximum atomic E-state index is 5.86. The van der Waals surface area contributed by atoms with Gasteiger partial charge in [0.1, 0.15) is 0 Å². The van der Waals surface area contributed by atoms with Crippen LogP contribution in [0.15, 0.2) is 12.2 Å². The molecule has 16 heavy (non-hydrogen) atoms. The van der Waals surface area contributed by atoms with Gasteiger partial charge in [0.2, 0.25) is 0 Å². The Balaban J connectivity index is 1.38. The van der Waals surface area contributed by atoms with Crippen molar-refractivity contribution in [3.63, 3.8) is 0 Å². The largest absolute Gasteiger partial charge is 0.324 e. The molecule has 1 saturated carbocycles. The Hall–Kier alpha value is -0.380. The number of nitrogens with zero attached hydrogens (tertiary/aromatic N) is 1. The zero-order valence-corrected chi connectivity index (χ0v) is 9.94. The molecular formula is C13H23N3. The van der Waals surface area contributed by atoms with Crippen molar-refractivity contribution in [1.29, 1.82) is 0 Å². The third kappa shape index (κ3) is 2.47. The van der Waals surface area contributed by atoms with Crippen LogP contribution >= 0.6 is 0 Å². The summed E-state index contributed by atoms with van der Waals surface area (Å²) in [7, 11) is 0. The smallest absolute Gasteiger partial charge is 0.0229 e. The van der Waals surface area contributed by atoms with E-state index in [1.165, 1.54) is 32.4 Å². The van der Waals surface area contributed by atoms with Crippen molar-refractivity contribution in [2.45, 2.75) is 43.8 Å². The highest BCUT2D eigenvalue weighted by atomic mass is 15.2. The van der Waals surface area contributed by atoms with Crippen LogP contribution in [0.4, 0.5) is 0 Å². The fraction of sp³-hybridized carbons (Fsp3) is 0.846. The van der Waals surface area contributed by atoms with Crippen LogP contribution < -0.4 is 11.1 Å². The van der Waals surface area contributed by atoms with E-state index in [2.05, 4.69) is 22.4 Å². The standard InChI is InChI=1S/C13H23N3/c14-11-2-1-10(7-11)8-15-12-5-6-16(9-12)13-3-4-13/h1-2,10-13,15H,3-9,14H2. The Bertz CT molecular complexity index is 272. The third-order valence-corrected chi connectivity index (χ3v) is 4.16. The summed E-state index contributed by atoms with van der Waals surface area (Å²) < 4.78 is 0. The van der Waals surface area contributed by atoms with Crippen LogP contribution in [-0.2, 0) is 0 Å². The van der Waals surface area contributed by atoms with Gasteiger partial charge in [-0.2, -0.15) is 0 Å². The van der Waals surface area contributed by atoms with Crippen molar-refractivity contribution < 1.29 is 0 Å². The van der Waals surface area contributed by atoms with Crippen molar-refractivity contribution in [3.05, 3.63) is 12.2 Å². The number of nitrogens with one attached hydrogen (secondary N) is 1. The molecule has 0 spiro atoms. The maximum absolute atomic E-state index is 5.86. The summed E-state index contributed by atoms with van der Waals surface area (Å²) in [5, 5.41) is 3.71. The molecule has 3 N–H and O–H groups in total. The fourth-order valence-electron chi connectivity index (χ4n) is 3.00. The van der Waals surface area contributed by atoms with Crippen molar-refractivity contribution in [2.75, 3.05) is 19.6 Å². The van der Waals surface area contributed by atoms with Crippen LogP contribution in [0.5, 0.6) is 0 Å². The molecule has 3 rings (SSSR count). The summed E-state index contributed by atoms with van der Waals surface area (Å²) in [6, 6.07) is 1.97. The molecule has 0 aromatic rings. The number of hydrogen-bond donors (Lipinski definition) is 2. The molecule has 0 aromatic carbocycles. The van der Waals surface area contributed by atoms with E-state index in [4.69, 9.17) is 5.73 Å². The van der Waals surface area contributed by atoms with Gasteiger partial charge in [-0.15, -0.1) is 0 Å². The average molecular weight is 221 g/mol. The minimum absolute atomic E-state index is 0.304. The van der Waals surface area contributed by atoms with Crippen molar-refractivity contribution in [1.82, 2.24) is 10.2 Å². The van der Waals surface area contributed by atoms with Crippen molar-refractivity contribution >= 4 is 0 Å². The van der Waals surface area contributed by atoms with Crippen LogP contribution in [-0.4, -0.2) is 42.7 Å². The van der Waals surface area contributed by atoms with Gasteiger partial charge in [0.15, 0.2) is 0 Å². The predicted molar refractivity (Wildman–Crippen MR) is 66.2 cm³/mol.